The molecule has 3 rings (SSSR count). The quantitative estimate of drug-likeness (QED) is 0.346. The molecule has 0 saturated heterocycles. The van der Waals surface area contributed by atoms with Crippen molar-refractivity contribution in [2.75, 3.05) is 13.2 Å². The lowest BCUT2D eigenvalue weighted by atomic mass is 9.93. The van der Waals surface area contributed by atoms with Crippen LogP contribution in [0.3, 0.4) is 0 Å². The van der Waals surface area contributed by atoms with Crippen molar-refractivity contribution in [2.24, 2.45) is 17.8 Å². The molecule has 1 aliphatic rings. The van der Waals surface area contributed by atoms with E-state index in [-0.39, 0.29) is 55.3 Å². The molecule has 3 N–H and O–H groups in total. The van der Waals surface area contributed by atoms with Crippen LogP contribution < -0.4 is 10.6 Å². The average Bonchev–Trinajstić information content (AvgIpc) is 2.91. The molecule has 7 nitrogen and oxygen atoms in total. The SMILES string of the molecule is CC(C)C1COC(=O)C(Cc2ccccc2)CC=CCC(CC(=O)NC(CO)Cc2ccccc2)C(=O)N1. The maximum absolute atomic E-state index is 13.2. The van der Waals surface area contributed by atoms with Crippen LogP contribution in [0, 0.1) is 17.8 Å². The van der Waals surface area contributed by atoms with Crippen LogP contribution in [0.1, 0.15) is 44.2 Å². The van der Waals surface area contributed by atoms with Gasteiger partial charge in [0.15, 0.2) is 0 Å². The number of benzene rings is 2. The van der Waals surface area contributed by atoms with Gasteiger partial charge >= 0.3 is 5.97 Å². The zero-order chi connectivity index (χ0) is 27.3. The van der Waals surface area contributed by atoms with Gasteiger partial charge in [0, 0.05) is 6.42 Å². The Balaban J connectivity index is 1.69. The molecular formula is C31H40N2O5. The van der Waals surface area contributed by atoms with Gasteiger partial charge in [0.1, 0.15) is 6.61 Å². The third-order valence-electron chi connectivity index (χ3n) is 6.92. The van der Waals surface area contributed by atoms with Crippen molar-refractivity contribution in [1.29, 1.82) is 0 Å². The van der Waals surface area contributed by atoms with Crippen LogP contribution in [0.25, 0.3) is 0 Å². The standard InChI is InChI=1S/C31H40N2O5/c1-22(2)28-21-38-31(37)26(17-23-11-5-3-6-12-23)16-10-9-15-25(30(36)33-28)19-29(35)32-27(20-34)18-24-13-7-4-8-14-24/h3-14,22,25-28,34H,15-21H2,1-2H3,(H,32,35)(H,33,36). The third kappa shape index (κ3) is 9.45. The molecule has 2 amide bonds. The van der Waals surface area contributed by atoms with Gasteiger partial charge in [0.2, 0.25) is 11.8 Å². The molecule has 2 aromatic rings. The van der Waals surface area contributed by atoms with Crippen LogP contribution in [0.2, 0.25) is 0 Å². The molecule has 4 unspecified atom stereocenters. The number of cyclic esters (lactones) is 1. The van der Waals surface area contributed by atoms with E-state index in [2.05, 4.69) is 10.6 Å². The lowest BCUT2D eigenvalue weighted by Gasteiger charge is -2.26. The zero-order valence-electron chi connectivity index (χ0n) is 22.3. The molecular weight excluding hydrogens is 480 g/mol. The summed E-state index contributed by atoms with van der Waals surface area (Å²) < 4.78 is 5.67. The number of carbonyl (C=O) groups is 3. The highest BCUT2D eigenvalue weighted by molar-refractivity contribution is 5.86. The molecule has 1 heterocycles. The van der Waals surface area contributed by atoms with E-state index in [4.69, 9.17) is 4.74 Å². The second-order valence-corrected chi connectivity index (χ2v) is 10.4. The summed E-state index contributed by atoms with van der Waals surface area (Å²) in [6.07, 6.45) is 5.72. The summed E-state index contributed by atoms with van der Waals surface area (Å²) in [6.45, 7) is 3.81. The Morgan fingerprint density at radius 3 is 2.18 bits per heavy atom. The summed E-state index contributed by atoms with van der Waals surface area (Å²) in [7, 11) is 0. The van der Waals surface area contributed by atoms with Crippen molar-refractivity contribution in [3.63, 3.8) is 0 Å². The second-order valence-electron chi connectivity index (χ2n) is 10.4. The fraction of sp³-hybridized carbons (Fsp3) is 0.452. The van der Waals surface area contributed by atoms with E-state index < -0.39 is 12.0 Å². The van der Waals surface area contributed by atoms with E-state index in [1.54, 1.807) is 0 Å². The maximum Gasteiger partial charge on any atom is 0.309 e. The highest BCUT2D eigenvalue weighted by Crippen LogP contribution is 2.19. The molecule has 38 heavy (non-hydrogen) atoms. The molecule has 2 aromatic carbocycles. The fourth-order valence-electron chi connectivity index (χ4n) is 4.53. The van der Waals surface area contributed by atoms with Crippen LogP contribution in [0.5, 0.6) is 0 Å². The number of nitrogens with one attached hydrogen (secondary N) is 2. The predicted molar refractivity (Wildman–Crippen MR) is 147 cm³/mol. The Kier molecular flexibility index (Phi) is 11.6. The normalized spacial score (nSPS) is 21.5. The molecule has 7 heteroatoms. The van der Waals surface area contributed by atoms with E-state index in [1.807, 2.05) is 86.7 Å². The van der Waals surface area contributed by atoms with Gasteiger partial charge in [-0.2, -0.15) is 0 Å². The van der Waals surface area contributed by atoms with Gasteiger partial charge in [-0.05, 0) is 42.7 Å². The monoisotopic (exact) mass is 520 g/mol. The molecule has 204 valence electrons. The average molecular weight is 521 g/mol. The minimum Gasteiger partial charge on any atom is -0.463 e. The Hall–Kier alpha value is -3.45. The smallest absolute Gasteiger partial charge is 0.309 e. The summed E-state index contributed by atoms with van der Waals surface area (Å²) in [5.41, 5.74) is 2.07. The summed E-state index contributed by atoms with van der Waals surface area (Å²) >= 11 is 0. The first-order chi connectivity index (χ1) is 18.4. The first-order valence-corrected chi connectivity index (χ1v) is 13.5. The number of aliphatic hydroxyl groups excluding tert-OH is 1. The van der Waals surface area contributed by atoms with Crippen molar-refractivity contribution in [2.45, 2.75) is 58.0 Å². The Morgan fingerprint density at radius 2 is 1.58 bits per heavy atom. The predicted octanol–water partition coefficient (Wildman–Crippen LogP) is 3.61. The number of aliphatic hydroxyl groups is 1. The van der Waals surface area contributed by atoms with Gasteiger partial charge in [-0.1, -0.05) is 86.7 Å². The molecule has 0 aromatic heterocycles. The first kappa shape index (κ1) is 29.1. The van der Waals surface area contributed by atoms with Crippen LogP contribution in [-0.2, 0) is 32.0 Å². The number of ether oxygens (including phenoxy) is 1. The molecule has 0 spiro atoms. The Bertz CT molecular complexity index is 1050. The third-order valence-corrected chi connectivity index (χ3v) is 6.92. The van der Waals surface area contributed by atoms with Crippen molar-refractivity contribution in [1.82, 2.24) is 10.6 Å². The highest BCUT2D eigenvalue weighted by atomic mass is 16.5. The van der Waals surface area contributed by atoms with E-state index in [1.165, 1.54) is 0 Å². The minimum atomic E-state index is -0.578. The van der Waals surface area contributed by atoms with Crippen LogP contribution in [-0.4, -0.2) is 48.2 Å². The minimum absolute atomic E-state index is 0.000486. The van der Waals surface area contributed by atoms with Crippen molar-refractivity contribution in [3.05, 3.63) is 83.9 Å². The van der Waals surface area contributed by atoms with Crippen LogP contribution >= 0.6 is 0 Å². The number of hydrogen-bond acceptors (Lipinski definition) is 5. The van der Waals surface area contributed by atoms with Gasteiger partial charge in [0.25, 0.3) is 0 Å². The summed E-state index contributed by atoms with van der Waals surface area (Å²) in [5.74, 6) is -1.67. The topological polar surface area (TPSA) is 105 Å². The van der Waals surface area contributed by atoms with E-state index in [0.717, 1.165) is 11.1 Å². The molecule has 0 aliphatic carbocycles. The Morgan fingerprint density at radius 1 is 0.974 bits per heavy atom. The van der Waals surface area contributed by atoms with Crippen molar-refractivity contribution >= 4 is 17.8 Å². The lowest BCUT2D eigenvalue weighted by molar-refractivity contribution is -0.150. The van der Waals surface area contributed by atoms with Gasteiger partial charge < -0.3 is 20.5 Å². The van der Waals surface area contributed by atoms with Gasteiger partial charge in [-0.15, -0.1) is 0 Å². The number of carbonyl (C=O) groups excluding carboxylic acids is 3. The first-order valence-electron chi connectivity index (χ1n) is 13.5. The second kappa shape index (κ2) is 15.1. The Labute approximate surface area is 225 Å². The van der Waals surface area contributed by atoms with E-state index >= 15 is 0 Å². The molecule has 4 atom stereocenters. The van der Waals surface area contributed by atoms with Gasteiger partial charge in [-0.3, -0.25) is 14.4 Å². The van der Waals surface area contributed by atoms with Crippen LogP contribution in [0.4, 0.5) is 0 Å². The van der Waals surface area contributed by atoms with Crippen molar-refractivity contribution in [3.8, 4) is 0 Å². The van der Waals surface area contributed by atoms with Gasteiger partial charge in [0.05, 0.1) is 30.5 Å². The largest absolute Gasteiger partial charge is 0.463 e. The maximum atomic E-state index is 13.2. The molecule has 0 radical (unpaired) electrons. The van der Waals surface area contributed by atoms with Crippen LogP contribution in [0.15, 0.2) is 72.8 Å². The number of amides is 2. The molecule has 0 saturated carbocycles. The van der Waals surface area contributed by atoms with E-state index in [0.29, 0.717) is 25.7 Å². The summed E-state index contributed by atoms with van der Waals surface area (Å²) in [6, 6.07) is 18.7. The number of esters is 1. The molecule has 0 bridgehead atoms. The molecule has 1 aliphatic heterocycles. The fourth-order valence-corrected chi connectivity index (χ4v) is 4.53. The van der Waals surface area contributed by atoms with Gasteiger partial charge in [-0.25, -0.2) is 0 Å². The zero-order valence-corrected chi connectivity index (χ0v) is 22.3. The molecule has 0 fully saturated rings. The summed E-state index contributed by atoms with van der Waals surface area (Å²) in [5, 5.41) is 15.7. The number of hydrogen-bond donors (Lipinski definition) is 3. The van der Waals surface area contributed by atoms with Crippen molar-refractivity contribution < 1.29 is 24.2 Å². The number of rotatable bonds is 9. The van der Waals surface area contributed by atoms with E-state index in [9.17, 15) is 19.5 Å². The lowest BCUT2D eigenvalue weighted by Crippen LogP contribution is -2.47. The highest BCUT2D eigenvalue weighted by Gasteiger charge is 2.28. The summed E-state index contributed by atoms with van der Waals surface area (Å²) in [4.78, 5) is 39.0. The number of allylic oxidation sites excluding steroid dienone is 2.